The Morgan fingerprint density at radius 2 is 1.51 bits per heavy atom. The number of nitrogens with zero attached hydrogens (tertiary/aromatic N) is 5. The molecule has 2 aliphatic rings. The van der Waals surface area contributed by atoms with Crippen LogP contribution in [0, 0.1) is 0 Å². The van der Waals surface area contributed by atoms with Crippen LogP contribution in [0.4, 0.5) is 36.2 Å². The SMILES string of the molecule is FC(F)(F)Oc1cccc(CN2CCN(c3nnc(Nc4ccc(N5CCOCC5)cc4)c4ccccc34)CC2)c1. The second-order valence-electron chi connectivity index (χ2n) is 10.1. The molecule has 2 fully saturated rings. The third-order valence-electron chi connectivity index (χ3n) is 7.38. The standard InChI is InChI=1S/C30H31F3N6O2/c31-30(32,33)41-25-5-3-4-22(20-25)21-37-12-14-39(15-13-37)29-27-7-2-1-6-26(27)28(35-36-29)34-23-8-10-24(11-9-23)38-16-18-40-19-17-38/h1-11,20H,12-19,21H2,(H,34,35). The zero-order valence-electron chi connectivity index (χ0n) is 22.5. The highest BCUT2D eigenvalue weighted by Gasteiger charge is 2.31. The molecular formula is C30H31F3N6O2. The Kier molecular flexibility index (Phi) is 7.80. The van der Waals surface area contributed by atoms with Gasteiger partial charge in [-0.1, -0.05) is 36.4 Å². The molecule has 3 aromatic carbocycles. The van der Waals surface area contributed by atoms with Gasteiger partial charge in [0, 0.05) is 68.0 Å². The molecule has 11 heteroatoms. The summed E-state index contributed by atoms with van der Waals surface area (Å²) < 4.78 is 47.3. The number of ether oxygens (including phenoxy) is 2. The average Bonchev–Trinajstić information content (AvgIpc) is 2.98. The molecule has 8 nitrogen and oxygen atoms in total. The maximum Gasteiger partial charge on any atom is 0.573 e. The van der Waals surface area contributed by atoms with Gasteiger partial charge in [-0.05, 0) is 42.0 Å². The molecular weight excluding hydrogens is 533 g/mol. The van der Waals surface area contributed by atoms with Gasteiger partial charge in [-0.25, -0.2) is 0 Å². The average molecular weight is 565 g/mol. The van der Waals surface area contributed by atoms with Crippen molar-refractivity contribution in [2.75, 3.05) is 67.6 Å². The molecule has 0 bridgehead atoms. The van der Waals surface area contributed by atoms with E-state index in [2.05, 4.69) is 65.3 Å². The van der Waals surface area contributed by atoms with Crippen LogP contribution in [0.25, 0.3) is 10.8 Å². The summed E-state index contributed by atoms with van der Waals surface area (Å²) in [5, 5.41) is 14.6. The zero-order valence-corrected chi connectivity index (χ0v) is 22.5. The van der Waals surface area contributed by atoms with E-state index in [1.54, 1.807) is 6.07 Å². The molecule has 0 aliphatic carbocycles. The predicted molar refractivity (Wildman–Crippen MR) is 153 cm³/mol. The lowest BCUT2D eigenvalue weighted by Gasteiger charge is -2.35. The molecule has 2 aliphatic heterocycles. The molecule has 41 heavy (non-hydrogen) atoms. The molecule has 1 aromatic heterocycles. The minimum Gasteiger partial charge on any atom is -0.406 e. The number of hydrogen-bond acceptors (Lipinski definition) is 8. The molecule has 0 saturated carbocycles. The summed E-state index contributed by atoms with van der Waals surface area (Å²) in [4.78, 5) is 6.75. The molecule has 2 saturated heterocycles. The van der Waals surface area contributed by atoms with E-state index in [4.69, 9.17) is 4.74 Å². The summed E-state index contributed by atoms with van der Waals surface area (Å²) in [7, 11) is 0. The number of alkyl halides is 3. The topological polar surface area (TPSA) is 66.0 Å². The molecule has 0 atom stereocenters. The van der Waals surface area contributed by atoms with Crippen LogP contribution in [0.2, 0.25) is 0 Å². The van der Waals surface area contributed by atoms with E-state index in [0.717, 1.165) is 80.3 Å². The van der Waals surface area contributed by atoms with Crippen LogP contribution < -0.4 is 19.9 Å². The Balaban J connectivity index is 1.12. The van der Waals surface area contributed by atoms with Gasteiger partial charge in [0.2, 0.25) is 0 Å². The third kappa shape index (κ3) is 6.63. The molecule has 0 amide bonds. The number of nitrogens with one attached hydrogen (secondary N) is 1. The highest BCUT2D eigenvalue weighted by Crippen LogP contribution is 2.31. The van der Waals surface area contributed by atoms with Crippen LogP contribution in [0.5, 0.6) is 5.75 Å². The largest absolute Gasteiger partial charge is 0.573 e. The van der Waals surface area contributed by atoms with Crippen molar-refractivity contribution >= 4 is 33.8 Å². The van der Waals surface area contributed by atoms with Crippen LogP contribution in [-0.4, -0.2) is 73.9 Å². The van der Waals surface area contributed by atoms with Crippen molar-refractivity contribution in [1.82, 2.24) is 15.1 Å². The van der Waals surface area contributed by atoms with Gasteiger partial charge in [0.1, 0.15) is 5.75 Å². The molecule has 1 N–H and O–H groups in total. The Morgan fingerprint density at radius 3 is 2.24 bits per heavy atom. The van der Waals surface area contributed by atoms with Crippen LogP contribution in [0.1, 0.15) is 5.56 Å². The number of piperazine rings is 1. The van der Waals surface area contributed by atoms with E-state index >= 15 is 0 Å². The predicted octanol–water partition coefficient (Wildman–Crippen LogP) is 5.43. The molecule has 3 heterocycles. The van der Waals surface area contributed by atoms with E-state index in [-0.39, 0.29) is 5.75 Å². The van der Waals surface area contributed by atoms with Crippen LogP contribution in [-0.2, 0) is 11.3 Å². The van der Waals surface area contributed by atoms with Crippen molar-refractivity contribution in [1.29, 1.82) is 0 Å². The zero-order chi connectivity index (χ0) is 28.2. The van der Waals surface area contributed by atoms with Crippen molar-refractivity contribution in [3.8, 4) is 5.75 Å². The lowest BCUT2D eigenvalue weighted by molar-refractivity contribution is -0.274. The van der Waals surface area contributed by atoms with Gasteiger partial charge < -0.3 is 24.6 Å². The highest BCUT2D eigenvalue weighted by molar-refractivity contribution is 5.99. The van der Waals surface area contributed by atoms with Crippen LogP contribution >= 0.6 is 0 Å². The van der Waals surface area contributed by atoms with Crippen LogP contribution in [0.15, 0.2) is 72.8 Å². The summed E-state index contributed by atoms with van der Waals surface area (Å²) in [6.07, 6.45) is -4.70. The number of morpholine rings is 1. The molecule has 214 valence electrons. The second-order valence-corrected chi connectivity index (χ2v) is 10.1. The summed E-state index contributed by atoms with van der Waals surface area (Å²) in [5.41, 5.74) is 2.89. The number of anilines is 4. The molecule has 6 rings (SSSR count). The van der Waals surface area contributed by atoms with Crippen molar-refractivity contribution < 1.29 is 22.6 Å². The number of halogens is 3. The Morgan fingerprint density at radius 1 is 0.780 bits per heavy atom. The fraction of sp³-hybridized carbons (Fsp3) is 0.333. The van der Waals surface area contributed by atoms with Crippen molar-refractivity contribution in [2.45, 2.75) is 12.9 Å². The summed E-state index contributed by atoms with van der Waals surface area (Å²) >= 11 is 0. The molecule has 0 unspecified atom stereocenters. The normalized spacial score (nSPS) is 16.7. The first kappa shape index (κ1) is 27.1. The number of rotatable bonds is 7. The Labute approximate surface area is 236 Å². The minimum atomic E-state index is -4.70. The van der Waals surface area contributed by atoms with E-state index in [1.807, 2.05) is 24.3 Å². The smallest absolute Gasteiger partial charge is 0.406 e. The van der Waals surface area contributed by atoms with Crippen molar-refractivity contribution in [3.63, 3.8) is 0 Å². The first-order chi connectivity index (χ1) is 19.9. The van der Waals surface area contributed by atoms with Crippen LogP contribution in [0.3, 0.4) is 0 Å². The Bertz CT molecular complexity index is 1470. The van der Waals surface area contributed by atoms with Gasteiger partial charge in [-0.3, -0.25) is 4.90 Å². The van der Waals surface area contributed by atoms with E-state index in [0.29, 0.717) is 12.4 Å². The minimum absolute atomic E-state index is 0.197. The molecule has 0 radical (unpaired) electrons. The second kappa shape index (κ2) is 11.8. The number of hydrogen-bond donors (Lipinski definition) is 1. The monoisotopic (exact) mass is 564 g/mol. The van der Waals surface area contributed by atoms with Gasteiger partial charge >= 0.3 is 6.36 Å². The van der Waals surface area contributed by atoms with Gasteiger partial charge in [-0.15, -0.1) is 23.4 Å². The van der Waals surface area contributed by atoms with Gasteiger partial charge in [0.25, 0.3) is 0 Å². The molecule has 0 spiro atoms. The van der Waals surface area contributed by atoms with Gasteiger partial charge in [-0.2, -0.15) is 0 Å². The Hall–Kier alpha value is -4.09. The highest BCUT2D eigenvalue weighted by atomic mass is 19.4. The number of aromatic nitrogens is 2. The van der Waals surface area contributed by atoms with E-state index in [1.165, 1.54) is 17.8 Å². The first-order valence-electron chi connectivity index (χ1n) is 13.7. The maximum absolute atomic E-state index is 12.6. The third-order valence-corrected chi connectivity index (χ3v) is 7.38. The fourth-order valence-electron chi connectivity index (χ4n) is 5.35. The van der Waals surface area contributed by atoms with E-state index in [9.17, 15) is 13.2 Å². The van der Waals surface area contributed by atoms with Crippen molar-refractivity contribution in [2.24, 2.45) is 0 Å². The van der Waals surface area contributed by atoms with Gasteiger partial charge in [0.15, 0.2) is 11.6 Å². The number of benzene rings is 3. The lowest BCUT2D eigenvalue weighted by atomic mass is 10.1. The quantitative estimate of drug-likeness (QED) is 0.319. The van der Waals surface area contributed by atoms with E-state index < -0.39 is 6.36 Å². The lowest BCUT2D eigenvalue weighted by Crippen LogP contribution is -2.46. The summed E-state index contributed by atoms with van der Waals surface area (Å²) in [6.45, 7) is 6.77. The first-order valence-corrected chi connectivity index (χ1v) is 13.7. The molecule has 4 aromatic rings. The number of fused-ring (bicyclic) bond motifs is 1. The van der Waals surface area contributed by atoms with Gasteiger partial charge in [0.05, 0.1) is 13.2 Å². The summed E-state index contributed by atoms with van der Waals surface area (Å²) in [6, 6.07) is 22.6. The fourth-order valence-corrected chi connectivity index (χ4v) is 5.35. The summed E-state index contributed by atoms with van der Waals surface area (Å²) in [5.74, 6) is 1.33. The van der Waals surface area contributed by atoms with Crippen molar-refractivity contribution in [3.05, 3.63) is 78.4 Å². The maximum atomic E-state index is 12.6.